The van der Waals surface area contributed by atoms with Crippen LogP contribution in [0.4, 0.5) is 10.1 Å². The lowest BCUT2D eigenvalue weighted by Crippen LogP contribution is -2.34. The van der Waals surface area contributed by atoms with Crippen LogP contribution in [0.2, 0.25) is 0 Å². The number of hydrogen-bond donors (Lipinski definition) is 2. The van der Waals surface area contributed by atoms with Gasteiger partial charge in [-0.15, -0.1) is 0 Å². The van der Waals surface area contributed by atoms with E-state index in [1.54, 1.807) is 0 Å². The number of carbonyl (C=O) groups excluding carboxylic acids is 1. The number of oxazole rings is 1. The molecule has 4 rings (SSSR count). The van der Waals surface area contributed by atoms with E-state index < -0.39 is 11.7 Å². The van der Waals surface area contributed by atoms with Gasteiger partial charge in [0.15, 0.2) is 10.7 Å². The van der Waals surface area contributed by atoms with Gasteiger partial charge >= 0.3 is 0 Å². The number of halogens is 1. The van der Waals surface area contributed by atoms with Crippen molar-refractivity contribution in [2.75, 3.05) is 5.32 Å². The highest BCUT2D eigenvalue weighted by Crippen LogP contribution is 2.28. The van der Waals surface area contributed by atoms with E-state index >= 15 is 0 Å². The molecule has 0 spiro atoms. The highest BCUT2D eigenvalue weighted by molar-refractivity contribution is 7.80. The number of benzene rings is 3. The maximum absolute atomic E-state index is 13.0. The highest BCUT2D eigenvalue weighted by Gasteiger charge is 2.12. The Hall–Kier alpha value is -3.58. The number of carbonyl (C=O) groups is 1. The molecule has 0 aliphatic rings. The van der Waals surface area contributed by atoms with Crippen LogP contribution in [0, 0.1) is 5.82 Å². The quantitative estimate of drug-likeness (QED) is 0.353. The first kappa shape index (κ1) is 21.6. The molecule has 1 unspecified atom stereocenters. The van der Waals surface area contributed by atoms with Gasteiger partial charge in [0.25, 0.3) is 5.91 Å². The summed E-state index contributed by atoms with van der Waals surface area (Å²) in [6.07, 6.45) is 1.07. The molecule has 0 fully saturated rings. The molecule has 0 bridgehead atoms. The summed E-state index contributed by atoms with van der Waals surface area (Å²) >= 11 is 5.20. The van der Waals surface area contributed by atoms with E-state index in [-0.39, 0.29) is 5.11 Å². The van der Waals surface area contributed by atoms with Gasteiger partial charge in [-0.1, -0.05) is 19.9 Å². The molecule has 7 heteroatoms. The minimum absolute atomic E-state index is 0.145. The maximum atomic E-state index is 13.0. The van der Waals surface area contributed by atoms with Crippen molar-refractivity contribution in [1.82, 2.24) is 10.3 Å². The number of rotatable bonds is 5. The van der Waals surface area contributed by atoms with Crippen LogP contribution in [-0.2, 0) is 0 Å². The smallest absolute Gasteiger partial charge is 0.257 e. The number of fused-ring (bicyclic) bond motifs is 1. The number of nitrogens with one attached hydrogen (secondary N) is 2. The predicted molar refractivity (Wildman–Crippen MR) is 128 cm³/mol. The van der Waals surface area contributed by atoms with E-state index in [1.165, 1.54) is 29.8 Å². The maximum Gasteiger partial charge on any atom is 0.257 e. The number of hydrogen-bond acceptors (Lipinski definition) is 4. The SMILES string of the molecule is CCC(C)c1ccc2oc(-c3ccc(NC(=S)NC(=O)c4ccc(F)cc4)cc3)nc2c1. The van der Waals surface area contributed by atoms with E-state index in [4.69, 9.17) is 16.6 Å². The van der Waals surface area contributed by atoms with Crippen LogP contribution in [0.3, 0.4) is 0 Å². The summed E-state index contributed by atoms with van der Waals surface area (Å²) in [5.74, 6) is 0.192. The Bertz CT molecular complexity index is 1270. The molecule has 162 valence electrons. The fourth-order valence-corrected chi connectivity index (χ4v) is 3.46. The number of aromatic nitrogens is 1. The van der Waals surface area contributed by atoms with Gasteiger partial charge in [0.1, 0.15) is 11.3 Å². The Balaban J connectivity index is 1.43. The molecule has 0 radical (unpaired) electrons. The average molecular weight is 448 g/mol. The second-order valence-corrected chi connectivity index (χ2v) is 7.96. The molecule has 0 aliphatic heterocycles. The van der Waals surface area contributed by atoms with Gasteiger partial charge in [-0.25, -0.2) is 9.37 Å². The topological polar surface area (TPSA) is 67.2 Å². The minimum Gasteiger partial charge on any atom is -0.436 e. The Morgan fingerprint density at radius 1 is 1.09 bits per heavy atom. The van der Waals surface area contributed by atoms with Crippen molar-refractivity contribution in [2.24, 2.45) is 0 Å². The summed E-state index contributed by atoms with van der Waals surface area (Å²) in [6, 6.07) is 18.8. The van der Waals surface area contributed by atoms with E-state index in [1.807, 2.05) is 30.3 Å². The van der Waals surface area contributed by atoms with Crippen LogP contribution in [0.1, 0.15) is 42.1 Å². The molecule has 5 nitrogen and oxygen atoms in total. The monoisotopic (exact) mass is 447 g/mol. The second kappa shape index (κ2) is 9.28. The van der Waals surface area contributed by atoms with Gasteiger partial charge in [0.05, 0.1) is 0 Å². The first-order valence-corrected chi connectivity index (χ1v) is 10.7. The van der Waals surface area contributed by atoms with Crippen molar-refractivity contribution in [1.29, 1.82) is 0 Å². The molecule has 0 saturated heterocycles. The lowest BCUT2D eigenvalue weighted by molar-refractivity contribution is 0.0977. The summed E-state index contributed by atoms with van der Waals surface area (Å²) in [4.78, 5) is 16.8. The third kappa shape index (κ3) is 4.84. The minimum atomic E-state index is -0.414. The second-order valence-electron chi connectivity index (χ2n) is 7.55. The molecule has 3 aromatic carbocycles. The number of amides is 1. The van der Waals surface area contributed by atoms with Crippen molar-refractivity contribution in [3.8, 4) is 11.5 Å². The first-order chi connectivity index (χ1) is 15.4. The third-order valence-electron chi connectivity index (χ3n) is 5.32. The number of thiocarbonyl (C=S) groups is 1. The summed E-state index contributed by atoms with van der Waals surface area (Å²) in [7, 11) is 0. The van der Waals surface area contributed by atoms with E-state index in [9.17, 15) is 9.18 Å². The Morgan fingerprint density at radius 2 is 1.81 bits per heavy atom. The van der Waals surface area contributed by atoms with Crippen molar-refractivity contribution in [3.63, 3.8) is 0 Å². The lowest BCUT2D eigenvalue weighted by atomic mass is 9.98. The lowest BCUT2D eigenvalue weighted by Gasteiger charge is -2.10. The van der Waals surface area contributed by atoms with Crippen LogP contribution in [-0.4, -0.2) is 16.0 Å². The molecule has 1 amide bonds. The fraction of sp³-hybridized carbons (Fsp3) is 0.160. The largest absolute Gasteiger partial charge is 0.436 e. The van der Waals surface area contributed by atoms with Crippen molar-refractivity contribution >= 4 is 40.0 Å². The molecule has 1 atom stereocenters. The van der Waals surface area contributed by atoms with Crippen molar-refractivity contribution in [3.05, 3.63) is 83.7 Å². The standard InChI is InChI=1S/C25H22FN3O2S/c1-3-15(2)18-8-13-22-21(14-18)28-24(31-22)17-6-11-20(12-7-17)27-25(32)29-23(30)16-4-9-19(26)10-5-16/h4-15H,3H2,1-2H3,(H2,27,29,30,32). The molecule has 1 aromatic heterocycles. The summed E-state index contributed by atoms with van der Waals surface area (Å²) in [5.41, 5.74) is 4.68. The normalized spacial score (nSPS) is 11.8. The summed E-state index contributed by atoms with van der Waals surface area (Å²) in [5, 5.41) is 5.68. The molecule has 0 aliphatic carbocycles. The zero-order valence-corrected chi connectivity index (χ0v) is 18.5. The van der Waals surface area contributed by atoms with Gasteiger partial charge in [-0.05, 0) is 90.8 Å². The van der Waals surface area contributed by atoms with Crippen LogP contribution in [0.25, 0.3) is 22.6 Å². The predicted octanol–water partition coefficient (Wildman–Crippen LogP) is 6.27. The molecule has 32 heavy (non-hydrogen) atoms. The van der Waals surface area contributed by atoms with Gasteiger partial charge < -0.3 is 9.73 Å². The van der Waals surface area contributed by atoms with Crippen LogP contribution >= 0.6 is 12.2 Å². The highest BCUT2D eigenvalue weighted by atomic mass is 32.1. The van der Waals surface area contributed by atoms with Gasteiger partial charge in [-0.2, -0.15) is 0 Å². The van der Waals surface area contributed by atoms with Crippen LogP contribution < -0.4 is 10.6 Å². The van der Waals surface area contributed by atoms with Gasteiger partial charge in [0.2, 0.25) is 5.89 Å². The molecular formula is C25H22FN3O2S. The molecule has 4 aromatic rings. The summed E-state index contributed by atoms with van der Waals surface area (Å²) < 4.78 is 18.9. The Kier molecular flexibility index (Phi) is 6.28. The van der Waals surface area contributed by atoms with E-state index in [2.05, 4.69) is 41.6 Å². The average Bonchev–Trinajstić information content (AvgIpc) is 3.22. The summed E-state index contributed by atoms with van der Waals surface area (Å²) in [6.45, 7) is 4.36. The van der Waals surface area contributed by atoms with Crippen molar-refractivity contribution < 1.29 is 13.6 Å². The fourth-order valence-electron chi connectivity index (χ4n) is 3.25. The Labute approximate surface area is 190 Å². The number of nitrogens with zero attached hydrogens (tertiary/aromatic N) is 1. The van der Waals surface area contributed by atoms with E-state index in [0.29, 0.717) is 23.1 Å². The first-order valence-electron chi connectivity index (χ1n) is 10.3. The molecule has 0 saturated carbocycles. The molecule has 2 N–H and O–H groups in total. The van der Waals surface area contributed by atoms with Gasteiger partial charge in [-0.3, -0.25) is 10.1 Å². The van der Waals surface area contributed by atoms with Crippen LogP contribution in [0.5, 0.6) is 0 Å². The Morgan fingerprint density at radius 3 is 2.50 bits per heavy atom. The third-order valence-corrected chi connectivity index (χ3v) is 5.52. The zero-order chi connectivity index (χ0) is 22.7. The van der Waals surface area contributed by atoms with E-state index in [0.717, 1.165) is 23.1 Å². The van der Waals surface area contributed by atoms with Crippen LogP contribution in [0.15, 0.2) is 71.1 Å². The van der Waals surface area contributed by atoms with Crippen molar-refractivity contribution in [2.45, 2.75) is 26.2 Å². The zero-order valence-electron chi connectivity index (χ0n) is 17.7. The number of anilines is 1. The molecular weight excluding hydrogens is 425 g/mol. The molecule has 1 heterocycles. The van der Waals surface area contributed by atoms with Gasteiger partial charge in [0, 0.05) is 16.8 Å².